The first kappa shape index (κ1) is 6.16. The van der Waals surface area contributed by atoms with Crippen LogP contribution in [0.2, 0.25) is 0 Å². The Morgan fingerprint density at radius 3 is 2.90 bits per heavy atom. The largest absolute Gasteiger partial charge is 0.371 e. The molecule has 0 saturated carbocycles. The maximum absolute atomic E-state index is 10.4. The molecule has 0 aromatic carbocycles. The van der Waals surface area contributed by atoms with E-state index >= 15 is 0 Å². The lowest BCUT2D eigenvalue weighted by atomic mass is 10.1. The first-order valence-corrected chi connectivity index (χ1v) is 3.58. The highest BCUT2D eigenvalue weighted by molar-refractivity contribution is 5.49. The van der Waals surface area contributed by atoms with Gasteiger partial charge in [0, 0.05) is 13.0 Å². The van der Waals surface area contributed by atoms with Crippen LogP contribution in [0.15, 0.2) is 0 Å². The molecule has 1 amide bonds. The molecule has 0 radical (unpaired) electrons. The van der Waals surface area contributed by atoms with Crippen LogP contribution in [0.4, 0.5) is 0 Å². The van der Waals surface area contributed by atoms with E-state index in [0.717, 1.165) is 26.0 Å². The van der Waals surface area contributed by atoms with Crippen molar-refractivity contribution in [1.29, 1.82) is 0 Å². The summed E-state index contributed by atoms with van der Waals surface area (Å²) >= 11 is 0. The average molecular weight is 141 g/mol. The van der Waals surface area contributed by atoms with Crippen molar-refractivity contribution in [2.24, 2.45) is 0 Å². The molecular weight excluding hydrogens is 130 g/mol. The number of hydrogen-bond acceptors (Lipinski definition) is 2. The Labute approximate surface area is 60.0 Å². The standard InChI is InChI=1S/C7H11NO2/c1-7-2-6(3-10-7)8(4-7)5-9/h5-6H,2-4H2,1H3. The Bertz CT molecular complexity index is 171. The van der Waals surface area contributed by atoms with E-state index in [9.17, 15) is 4.79 Å². The summed E-state index contributed by atoms with van der Waals surface area (Å²) in [5, 5.41) is 0. The van der Waals surface area contributed by atoms with E-state index in [4.69, 9.17) is 4.74 Å². The topological polar surface area (TPSA) is 29.5 Å². The van der Waals surface area contributed by atoms with Crippen LogP contribution in [0.1, 0.15) is 13.3 Å². The minimum absolute atomic E-state index is 0.0222. The van der Waals surface area contributed by atoms with Crippen molar-refractivity contribution >= 4 is 6.41 Å². The van der Waals surface area contributed by atoms with E-state index in [1.165, 1.54) is 0 Å². The molecule has 0 aliphatic carbocycles. The van der Waals surface area contributed by atoms with Gasteiger partial charge in [0.1, 0.15) is 0 Å². The molecule has 2 fully saturated rings. The lowest BCUT2D eigenvalue weighted by Crippen LogP contribution is -2.40. The minimum atomic E-state index is -0.0222. The molecule has 2 saturated heterocycles. The summed E-state index contributed by atoms with van der Waals surface area (Å²) in [4.78, 5) is 12.2. The fourth-order valence-corrected chi connectivity index (χ4v) is 1.88. The van der Waals surface area contributed by atoms with E-state index in [1.54, 1.807) is 0 Å². The highest BCUT2D eigenvalue weighted by Crippen LogP contribution is 2.35. The molecule has 0 spiro atoms. The highest BCUT2D eigenvalue weighted by Gasteiger charge is 2.47. The van der Waals surface area contributed by atoms with E-state index in [1.807, 2.05) is 4.90 Å². The summed E-state index contributed by atoms with van der Waals surface area (Å²) < 4.78 is 5.47. The maximum atomic E-state index is 10.4. The highest BCUT2D eigenvalue weighted by atomic mass is 16.5. The first-order chi connectivity index (χ1) is 4.73. The lowest BCUT2D eigenvalue weighted by Gasteiger charge is -2.27. The van der Waals surface area contributed by atoms with Gasteiger partial charge in [0.15, 0.2) is 0 Å². The number of likely N-dealkylation sites (tertiary alicyclic amines) is 1. The van der Waals surface area contributed by atoms with Gasteiger partial charge in [-0.1, -0.05) is 0 Å². The number of amides is 1. The Morgan fingerprint density at radius 1 is 1.80 bits per heavy atom. The fourth-order valence-electron chi connectivity index (χ4n) is 1.88. The molecule has 2 heterocycles. The van der Waals surface area contributed by atoms with Crippen LogP contribution in [-0.2, 0) is 9.53 Å². The van der Waals surface area contributed by atoms with Gasteiger partial charge < -0.3 is 9.64 Å². The molecule has 0 N–H and O–H groups in total. The lowest BCUT2D eigenvalue weighted by molar-refractivity contribution is -0.125. The Kier molecular flexibility index (Phi) is 1.06. The molecule has 3 heteroatoms. The van der Waals surface area contributed by atoms with Gasteiger partial charge in [0.25, 0.3) is 0 Å². The normalized spacial score (nSPS) is 44.5. The second-order valence-electron chi connectivity index (χ2n) is 3.40. The smallest absolute Gasteiger partial charge is 0.210 e. The van der Waals surface area contributed by atoms with Gasteiger partial charge in [-0.2, -0.15) is 0 Å². The van der Waals surface area contributed by atoms with E-state index in [-0.39, 0.29) is 5.60 Å². The van der Waals surface area contributed by atoms with Crippen molar-refractivity contribution in [3.8, 4) is 0 Å². The third-order valence-electron chi connectivity index (χ3n) is 2.41. The number of rotatable bonds is 1. The summed E-state index contributed by atoms with van der Waals surface area (Å²) in [7, 11) is 0. The predicted molar refractivity (Wildman–Crippen MR) is 35.5 cm³/mol. The number of hydrogen-bond donors (Lipinski definition) is 0. The number of fused-ring (bicyclic) bond motifs is 2. The molecule has 2 aliphatic rings. The molecule has 3 nitrogen and oxygen atoms in total. The number of carbonyl (C=O) groups excluding carboxylic acids is 1. The predicted octanol–water partition coefficient (Wildman–Crippen LogP) is 0.00600. The molecule has 2 bridgehead atoms. The van der Waals surface area contributed by atoms with Gasteiger partial charge in [-0.15, -0.1) is 0 Å². The molecule has 2 rings (SSSR count). The van der Waals surface area contributed by atoms with E-state index < -0.39 is 0 Å². The van der Waals surface area contributed by atoms with Crippen LogP contribution in [0.3, 0.4) is 0 Å². The zero-order valence-electron chi connectivity index (χ0n) is 6.04. The Balaban J connectivity index is 2.17. The zero-order valence-corrected chi connectivity index (χ0v) is 6.04. The van der Waals surface area contributed by atoms with Crippen LogP contribution < -0.4 is 0 Å². The molecule has 10 heavy (non-hydrogen) atoms. The van der Waals surface area contributed by atoms with Crippen molar-refractivity contribution in [3.05, 3.63) is 0 Å². The van der Waals surface area contributed by atoms with Gasteiger partial charge in [-0.25, -0.2) is 0 Å². The number of morpholine rings is 1. The second kappa shape index (κ2) is 1.72. The van der Waals surface area contributed by atoms with Crippen molar-refractivity contribution in [2.45, 2.75) is 25.0 Å². The van der Waals surface area contributed by atoms with Gasteiger partial charge in [0.05, 0.1) is 18.2 Å². The molecule has 56 valence electrons. The summed E-state index contributed by atoms with van der Waals surface area (Å²) in [6.45, 7) is 3.58. The molecule has 2 atom stereocenters. The number of nitrogens with zero attached hydrogens (tertiary/aromatic N) is 1. The molecule has 2 aliphatic heterocycles. The minimum Gasteiger partial charge on any atom is -0.371 e. The van der Waals surface area contributed by atoms with Crippen LogP contribution in [0, 0.1) is 0 Å². The van der Waals surface area contributed by atoms with Gasteiger partial charge in [0.2, 0.25) is 6.41 Å². The second-order valence-corrected chi connectivity index (χ2v) is 3.40. The maximum Gasteiger partial charge on any atom is 0.210 e. The summed E-state index contributed by atoms with van der Waals surface area (Å²) in [5.41, 5.74) is -0.0222. The Hall–Kier alpha value is -0.570. The van der Waals surface area contributed by atoms with E-state index in [2.05, 4.69) is 6.92 Å². The Morgan fingerprint density at radius 2 is 2.60 bits per heavy atom. The average Bonchev–Trinajstić information content (AvgIpc) is 2.41. The molecule has 2 unspecified atom stereocenters. The molecular formula is C7H11NO2. The third-order valence-corrected chi connectivity index (χ3v) is 2.41. The monoisotopic (exact) mass is 141 g/mol. The van der Waals surface area contributed by atoms with Gasteiger partial charge >= 0.3 is 0 Å². The van der Waals surface area contributed by atoms with Crippen molar-refractivity contribution < 1.29 is 9.53 Å². The summed E-state index contributed by atoms with van der Waals surface area (Å²) in [6, 6.07) is 0.363. The summed E-state index contributed by atoms with van der Waals surface area (Å²) in [5.74, 6) is 0. The van der Waals surface area contributed by atoms with Gasteiger partial charge in [-0.05, 0) is 6.92 Å². The third kappa shape index (κ3) is 0.669. The zero-order chi connectivity index (χ0) is 7.19. The first-order valence-electron chi connectivity index (χ1n) is 3.58. The van der Waals surface area contributed by atoms with E-state index in [0.29, 0.717) is 6.04 Å². The van der Waals surface area contributed by atoms with Crippen LogP contribution in [0.5, 0.6) is 0 Å². The van der Waals surface area contributed by atoms with Crippen molar-refractivity contribution in [2.75, 3.05) is 13.2 Å². The molecule has 0 aromatic heterocycles. The quantitative estimate of drug-likeness (QED) is 0.481. The van der Waals surface area contributed by atoms with Crippen LogP contribution >= 0.6 is 0 Å². The van der Waals surface area contributed by atoms with Crippen LogP contribution in [-0.4, -0.2) is 36.1 Å². The van der Waals surface area contributed by atoms with Crippen LogP contribution in [0.25, 0.3) is 0 Å². The SMILES string of the molecule is CC12CC(CO1)N(C=O)C2. The van der Waals surface area contributed by atoms with Crippen molar-refractivity contribution in [3.63, 3.8) is 0 Å². The molecule has 0 aromatic rings. The van der Waals surface area contributed by atoms with Gasteiger partial charge in [-0.3, -0.25) is 4.79 Å². The summed E-state index contributed by atoms with van der Waals surface area (Å²) in [6.07, 6.45) is 1.95. The fraction of sp³-hybridized carbons (Fsp3) is 0.857. The number of carbonyl (C=O) groups is 1. The number of ether oxygens (including phenoxy) is 1. The van der Waals surface area contributed by atoms with Crippen molar-refractivity contribution in [1.82, 2.24) is 4.90 Å².